The molecule has 0 aliphatic heterocycles. The van der Waals surface area contributed by atoms with Crippen LogP contribution in [0.1, 0.15) is 13.8 Å². The quantitative estimate of drug-likeness (QED) is 0.452. The molecule has 0 saturated carbocycles. The van der Waals surface area contributed by atoms with Gasteiger partial charge in [-0.2, -0.15) is 0 Å². The molecule has 2 N–H and O–H groups in total. The van der Waals surface area contributed by atoms with Gasteiger partial charge in [0.1, 0.15) is 7.11 Å². The number of primary amides is 1. The molecule has 58 valence electrons. The van der Waals surface area contributed by atoms with E-state index >= 15 is 0 Å². The van der Waals surface area contributed by atoms with Gasteiger partial charge >= 0.3 is 0 Å². The molecule has 0 heterocycles. The molecule has 0 aliphatic carbocycles. The molecule has 0 spiro atoms. The van der Waals surface area contributed by atoms with Gasteiger partial charge in [-0.3, -0.25) is 4.79 Å². The molecule has 0 aromatic heterocycles. The van der Waals surface area contributed by atoms with Crippen LogP contribution in [0.4, 0.5) is 0 Å². The summed E-state index contributed by atoms with van der Waals surface area (Å²) >= 11 is 0. The molecule has 1 atom stereocenters. The molecule has 0 aromatic rings. The van der Waals surface area contributed by atoms with E-state index in [0.717, 1.165) is 0 Å². The van der Waals surface area contributed by atoms with Crippen molar-refractivity contribution < 1.29 is 9.63 Å². The van der Waals surface area contributed by atoms with E-state index in [1.807, 2.05) is 0 Å². The molecule has 0 rings (SSSR count). The number of hydrogen-bond acceptors (Lipinski definition) is 3. The van der Waals surface area contributed by atoms with Crippen molar-refractivity contribution in [3.05, 3.63) is 0 Å². The van der Waals surface area contributed by atoms with E-state index in [2.05, 4.69) is 9.99 Å². The van der Waals surface area contributed by atoms with Gasteiger partial charge in [0.2, 0.25) is 5.91 Å². The first-order valence-corrected chi connectivity index (χ1v) is 2.96. The minimum atomic E-state index is -0.390. The largest absolute Gasteiger partial charge is 0.399 e. The summed E-state index contributed by atoms with van der Waals surface area (Å²) < 4.78 is 0. The van der Waals surface area contributed by atoms with Crippen LogP contribution >= 0.6 is 0 Å². The number of carbonyl (C=O) groups is 1. The smallest absolute Gasteiger partial charge is 0.226 e. The lowest BCUT2D eigenvalue weighted by Crippen LogP contribution is -2.26. The molecule has 0 radical (unpaired) electrons. The van der Waals surface area contributed by atoms with Gasteiger partial charge in [0.25, 0.3) is 0 Å². The van der Waals surface area contributed by atoms with Crippen molar-refractivity contribution in [1.82, 2.24) is 0 Å². The molecule has 0 bridgehead atoms. The predicted molar refractivity (Wildman–Crippen MR) is 38.5 cm³/mol. The number of oxime groups is 1. The van der Waals surface area contributed by atoms with E-state index in [9.17, 15) is 4.79 Å². The maximum atomic E-state index is 10.5. The third-order valence-corrected chi connectivity index (χ3v) is 1.29. The van der Waals surface area contributed by atoms with Gasteiger partial charge < -0.3 is 10.6 Å². The van der Waals surface area contributed by atoms with E-state index in [1.54, 1.807) is 13.8 Å². The first-order chi connectivity index (χ1) is 4.59. The fourth-order valence-electron chi connectivity index (χ4n) is 0.429. The summed E-state index contributed by atoms with van der Waals surface area (Å²) in [6.07, 6.45) is 0. The van der Waals surface area contributed by atoms with Crippen LogP contribution in [-0.4, -0.2) is 18.7 Å². The lowest BCUT2D eigenvalue weighted by atomic mass is 10.1. The normalized spacial score (nSPS) is 14.5. The Hall–Kier alpha value is -1.06. The lowest BCUT2D eigenvalue weighted by molar-refractivity contribution is -0.119. The molecular weight excluding hydrogens is 132 g/mol. The van der Waals surface area contributed by atoms with Crippen LogP contribution in [0, 0.1) is 5.92 Å². The third kappa shape index (κ3) is 2.48. The Morgan fingerprint density at radius 2 is 2.20 bits per heavy atom. The van der Waals surface area contributed by atoms with Crippen LogP contribution in [0.3, 0.4) is 0 Å². The van der Waals surface area contributed by atoms with Crippen LogP contribution in [0.15, 0.2) is 5.16 Å². The van der Waals surface area contributed by atoms with Gasteiger partial charge in [0, 0.05) is 0 Å². The zero-order chi connectivity index (χ0) is 8.15. The van der Waals surface area contributed by atoms with Crippen molar-refractivity contribution in [1.29, 1.82) is 0 Å². The fourth-order valence-corrected chi connectivity index (χ4v) is 0.429. The Bertz CT molecular complexity index is 154. The van der Waals surface area contributed by atoms with Crippen molar-refractivity contribution in [2.75, 3.05) is 7.11 Å². The Kier molecular flexibility index (Phi) is 3.46. The van der Waals surface area contributed by atoms with Crippen molar-refractivity contribution >= 4 is 11.6 Å². The van der Waals surface area contributed by atoms with Gasteiger partial charge in [0.15, 0.2) is 0 Å². The first kappa shape index (κ1) is 8.94. The van der Waals surface area contributed by atoms with Gasteiger partial charge in [-0.1, -0.05) is 5.16 Å². The van der Waals surface area contributed by atoms with Crippen LogP contribution in [0.2, 0.25) is 0 Å². The third-order valence-electron chi connectivity index (χ3n) is 1.29. The highest BCUT2D eigenvalue weighted by molar-refractivity contribution is 6.01. The van der Waals surface area contributed by atoms with E-state index in [0.29, 0.717) is 5.71 Å². The minimum Gasteiger partial charge on any atom is -0.399 e. The summed E-state index contributed by atoms with van der Waals surface area (Å²) in [6.45, 7) is 3.37. The maximum Gasteiger partial charge on any atom is 0.226 e. The molecule has 0 aliphatic rings. The second kappa shape index (κ2) is 3.87. The lowest BCUT2D eigenvalue weighted by Gasteiger charge is -2.03. The van der Waals surface area contributed by atoms with Gasteiger partial charge in [-0.05, 0) is 13.8 Å². The van der Waals surface area contributed by atoms with E-state index in [-0.39, 0.29) is 5.92 Å². The Balaban J connectivity index is 4.06. The summed E-state index contributed by atoms with van der Waals surface area (Å²) in [6, 6.07) is 0. The number of rotatable bonds is 3. The molecule has 0 aromatic carbocycles. The highest BCUT2D eigenvalue weighted by atomic mass is 16.6. The molecule has 4 heteroatoms. The van der Waals surface area contributed by atoms with Crippen molar-refractivity contribution in [2.45, 2.75) is 13.8 Å². The molecule has 1 amide bonds. The summed E-state index contributed by atoms with van der Waals surface area (Å²) in [5.41, 5.74) is 5.58. The van der Waals surface area contributed by atoms with Crippen molar-refractivity contribution in [3.63, 3.8) is 0 Å². The molecular formula is C6H12N2O2. The zero-order valence-corrected chi connectivity index (χ0v) is 6.42. The Labute approximate surface area is 60.0 Å². The van der Waals surface area contributed by atoms with Gasteiger partial charge in [-0.15, -0.1) is 0 Å². The average molecular weight is 144 g/mol. The number of nitrogens with zero attached hydrogens (tertiary/aromatic N) is 1. The second-order valence-corrected chi connectivity index (χ2v) is 2.04. The Morgan fingerprint density at radius 3 is 2.50 bits per heavy atom. The topological polar surface area (TPSA) is 64.7 Å². The fraction of sp³-hybridized carbons (Fsp3) is 0.667. The standard InChI is InChI=1S/C6H12N2O2/c1-4(6(7)9)5(2)8-10-3/h4H,1-3H3,(H2,7,9). The maximum absolute atomic E-state index is 10.5. The highest BCUT2D eigenvalue weighted by Crippen LogP contribution is 1.96. The Morgan fingerprint density at radius 1 is 1.70 bits per heavy atom. The number of nitrogens with two attached hydrogens (primary N) is 1. The van der Waals surface area contributed by atoms with Crippen LogP contribution in [-0.2, 0) is 9.63 Å². The van der Waals surface area contributed by atoms with Crippen molar-refractivity contribution in [2.24, 2.45) is 16.8 Å². The number of hydrogen-bond donors (Lipinski definition) is 1. The number of carbonyl (C=O) groups excluding carboxylic acids is 1. The zero-order valence-electron chi connectivity index (χ0n) is 6.42. The van der Waals surface area contributed by atoms with E-state index in [4.69, 9.17) is 5.73 Å². The molecule has 1 unspecified atom stereocenters. The minimum absolute atomic E-state index is 0.347. The predicted octanol–water partition coefficient (Wildman–Crippen LogP) is 0.130. The summed E-state index contributed by atoms with van der Waals surface area (Å²) in [7, 11) is 1.43. The SMILES string of the molecule is CON=C(C)C(C)C(N)=O. The summed E-state index contributed by atoms with van der Waals surface area (Å²) in [5, 5.41) is 3.56. The molecule has 0 fully saturated rings. The van der Waals surface area contributed by atoms with Crippen LogP contribution in [0.5, 0.6) is 0 Å². The van der Waals surface area contributed by atoms with Crippen molar-refractivity contribution in [3.8, 4) is 0 Å². The monoisotopic (exact) mass is 144 g/mol. The second-order valence-electron chi connectivity index (χ2n) is 2.04. The van der Waals surface area contributed by atoms with Gasteiger partial charge in [0.05, 0.1) is 11.6 Å². The summed E-state index contributed by atoms with van der Waals surface area (Å²) in [4.78, 5) is 15.0. The molecule has 0 saturated heterocycles. The highest BCUT2D eigenvalue weighted by Gasteiger charge is 2.11. The summed E-state index contributed by atoms with van der Waals surface area (Å²) in [5.74, 6) is -0.738. The van der Waals surface area contributed by atoms with Crippen LogP contribution < -0.4 is 5.73 Å². The first-order valence-electron chi connectivity index (χ1n) is 2.96. The molecule has 4 nitrogen and oxygen atoms in total. The van der Waals surface area contributed by atoms with E-state index < -0.39 is 5.91 Å². The molecule has 10 heavy (non-hydrogen) atoms. The number of amides is 1. The van der Waals surface area contributed by atoms with E-state index in [1.165, 1.54) is 7.11 Å². The average Bonchev–Trinajstić information content (AvgIpc) is 1.87. The van der Waals surface area contributed by atoms with Crippen LogP contribution in [0.25, 0.3) is 0 Å². The van der Waals surface area contributed by atoms with Gasteiger partial charge in [-0.25, -0.2) is 0 Å².